The van der Waals surface area contributed by atoms with E-state index in [9.17, 15) is 4.79 Å². The Morgan fingerprint density at radius 1 is 1.36 bits per heavy atom. The SMILES string of the molecule is COC(=O)c1nc(Cl)c(Cl)c(C)c1Cc1cc[c-]cc1C.[Y]. The number of hydrogen-bond acceptors (Lipinski definition) is 3. The number of carbonyl (C=O) groups excluding carboxylic acids is 1. The summed E-state index contributed by atoms with van der Waals surface area (Å²) in [6.07, 6.45) is 0.528. The molecule has 3 nitrogen and oxygen atoms in total. The maximum absolute atomic E-state index is 11.9. The molecule has 1 aromatic heterocycles. The van der Waals surface area contributed by atoms with Crippen molar-refractivity contribution in [3.8, 4) is 0 Å². The number of aryl methyl sites for hydroxylation is 1. The summed E-state index contributed by atoms with van der Waals surface area (Å²) in [6, 6.07) is 8.70. The van der Waals surface area contributed by atoms with Gasteiger partial charge in [0.05, 0.1) is 12.1 Å². The summed E-state index contributed by atoms with van der Waals surface area (Å²) in [7, 11) is 1.31. The zero-order valence-corrected chi connectivity index (χ0v) is 16.9. The van der Waals surface area contributed by atoms with E-state index in [-0.39, 0.29) is 43.6 Å². The summed E-state index contributed by atoms with van der Waals surface area (Å²) >= 11 is 12.1. The van der Waals surface area contributed by atoms with Gasteiger partial charge in [0, 0.05) is 32.7 Å². The largest absolute Gasteiger partial charge is 0.464 e. The van der Waals surface area contributed by atoms with Crippen molar-refractivity contribution in [2.75, 3.05) is 7.11 Å². The van der Waals surface area contributed by atoms with Gasteiger partial charge in [-0.2, -0.15) is 35.4 Å². The van der Waals surface area contributed by atoms with Crippen LogP contribution >= 0.6 is 23.2 Å². The van der Waals surface area contributed by atoms with Crippen LogP contribution in [0.4, 0.5) is 0 Å². The van der Waals surface area contributed by atoms with E-state index in [1.807, 2.05) is 32.0 Å². The van der Waals surface area contributed by atoms with Gasteiger partial charge in [-0.25, -0.2) is 9.78 Å². The summed E-state index contributed by atoms with van der Waals surface area (Å²) in [5.74, 6) is -0.521. The average Bonchev–Trinajstić information content (AvgIpc) is 2.48. The fourth-order valence-electron chi connectivity index (χ4n) is 2.10. The van der Waals surface area contributed by atoms with Crippen molar-refractivity contribution in [1.29, 1.82) is 0 Å². The number of ether oxygens (including phenoxy) is 1. The van der Waals surface area contributed by atoms with Crippen molar-refractivity contribution in [2.45, 2.75) is 20.3 Å². The Kier molecular flexibility index (Phi) is 7.47. The Balaban J connectivity index is 0.00000242. The molecule has 2 rings (SSSR count). The Morgan fingerprint density at radius 3 is 2.64 bits per heavy atom. The van der Waals surface area contributed by atoms with Crippen LogP contribution in [-0.4, -0.2) is 18.1 Å². The molecule has 0 atom stereocenters. The maximum atomic E-state index is 11.9. The number of methoxy groups -OCH3 is 1. The van der Waals surface area contributed by atoms with Gasteiger partial charge in [0.2, 0.25) is 0 Å². The molecule has 0 spiro atoms. The van der Waals surface area contributed by atoms with Gasteiger partial charge >= 0.3 is 5.97 Å². The van der Waals surface area contributed by atoms with E-state index >= 15 is 0 Å². The molecule has 1 heterocycles. The standard InChI is InChI=1S/C16H14Cl2NO2.Y/c1-9-6-4-5-7-11(9)8-12-10(2)13(17)15(18)19-14(12)16(20)21-3;/h5-7H,8H2,1-3H3;/q-1;. The van der Waals surface area contributed by atoms with Crippen LogP contribution in [0.3, 0.4) is 0 Å². The quantitative estimate of drug-likeness (QED) is 0.432. The van der Waals surface area contributed by atoms with Crippen molar-refractivity contribution in [1.82, 2.24) is 4.98 Å². The first-order valence-electron chi connectivity index (χ1n) is 6.34. The molecule has 0 aliphatic rings. The van der Waals surface area contributed by atoms with Gasteiger partial charge < -0.3 is 4.74 Å². The minimum atomic E-state index is -0.521. The molecule has 0 saturated carbocycles. The molecular weight excluding hydrogens is 398 g/mol. The Labute approximate surface area is 165 Å². The summed E-state index contributed by atoms with van der Waals surface area (Å²) < 4.78 is 4.79. The predicted octanol–water partition coefficient (Wildman–Crippen LogP) is 4.18. The van der Waals surface area contributed by atoms with Gasteiger partial charge in [0.25, 0.3) is 0 Å². The third-order valence-corrected chi connectivity index (χ3v) is 4.22. The van der Waals surface area contributed by atoms with Crippen LogP contribution < -0.4 is 0 Å². The van der Waals surface area contributed by atoms with Crippen molar-refractivity contribution in [2.24, 2.45) is 0 Å². The normalized spacial score (nSPS) is 10.0. The fraction of sp³-hybridized carbons (Fsp3) is 0.250. The van der Waals surface area contributed by atoms with Gasteiger partial charge in [-0.1, -0.05) is 30.1 Å². The second-order valence-corrected chi connectivity index (χ2v) is 5.43. The van der Waals surface area contributed by atoms with Gasteiger partial charge in [-0.05, 0) is 24.5 Å². The van der Waals surface area contributed by atoms with Crippen LogP contribution in [0.2, 0.25) is 10.2 Å². The zero-order chi connectivity index (χ0) is 15.6. The first-order valence-corrected chi connectivity index (χ1v) is 7.09. The molecule has 0 saturated heterocycles. The number of carbonyl (C=O) groups is 1. The number of nitrogens with zero attached hydrogens (tertiary/aromatic N) is 1. The van der Waals surface area contributed by atoms with Crippen molar-refractivity contribution in [3.63, 3.8) is 0 Å². The average molecular weight is 412 g/mol. The molecule has 0 amide bonds. The number of aromatic nitrogens is 1. The first-order chi connectivity index (χ1) is 9.95. The van der Waals surface area contributed by atoms with Crippen molar-refractivity contribution >= 4 is 29.2 Å². The minimum Gasteiger partial charge on any atom is -0.464 e. The van der Waals surface area contributed by atoms with E-state index < -0.39 is 5.97 Å². The number of halogens is 2. The van der Waals surface area contributed by atoms with Crippen LogP contribution in [0.1, 0.15) is 32.7 Å². The van der Waals surface area contributed by atoms with Crippen molar-refractivity contribution < 1.29 is 42.2 Å². The third-order valence-electron chi connectivity index (χ3n) is 3.39. The molecule has 22 heavy (non-hydrogen) atoms. The van der Waals surface area contributed by atoms with Crippen LogP contribution in [0.15, 0.2) is 18.2 Å². The smallest absolute Gasteiger partial charge is 0.357 e. The number of hydrogen-bond donors (Lipinski definition) is 0. The number of benzene rings is 1. The van der Waals surface area contributed by atoms with E-state index in [1.165, 1.54) is 7.11 Å². The summed E-state index contributed by atoms with van der Waals surface area (Å²) in [5, 5.41) is 0.468. The predicted molar refractivity (Wildman–Crippen MR) is 83.2 cm³/mol. The minimum absolute atomic E-state index is 0. The second kappa shape index (κ2) is 8.40. The Morgan fingerprint density at radius 2 is 2.05 bits per heavy atom. The molecule has 0 bridgehead atoms. The molecule has 0 unspecified atom stereocenters. The topological polar surface area (TPSA) is 39.2 Å². The van der Waals surface area contributed by atoms with E-state index in [4.69, 9.17) is 27.9 Å². The molecule has 113 valence electrons. The van der Waals surface area contributed by atoms with E-state index in [2.05, 4.69) is 11.1 Å². The fourth-order valence-corrected chi connectivity index (χ4v) is 2.48. The number of esters is 1. The summed E-state index contributed by atoms with van der Waals surface area (Å²) in [4.78, 5) is 16.0. The third kappa shape index (κ3) is 4.08. The molecular formula is C16H14Cl2NO2Y-. The first kappa shape index (κ1) is 19.6. The van der Waals surface area contributed by atoms with Gasteiger partial charge in [0.1, 0.15) is 5.15 Å². The molecule has 6 heteroatoms. The molecule has 0 N–H and O–H groups in total. The van der Waals surface area contributed by atoms with E-state index in [1.54, 1.807) is 0 Å². The zero-order valence-electron chi connectivity index (χ0n) is 12.5. The van der Waals surface area contributed by atoms with Gasteiger partial charge in [-0.15, -0.1) is 0 Å². The molecule has 1 radical (unpaired) electrons. The van der Waals surface area contributed by atoms with Crippen LogP contribution in [-0.2, 0) is 43.9 Å². The maximum Gasteiger partial charge on any atom is 0.357 e. The molecule has 2 aromatic rings. The number of rotatable bonds is 3. The number of pyridine rings is 1. The molecule has 0 fully saturated rings. The van der Waals surface area contributed by atoms with E-state index in [0.717, 1.165) is 22.3 Å². The Bertz CT molecular complexity index is 705. The summed E-state index contributed by atoms with van der Waals surface area (Å²) in [5.41, 5.74) is 3.83. The Hall–Kier alpha value is -0.476. The van der Waals surface area contributed by atoms with Crippen molar-refractivity contribution in [3.05, 3.63) is 62.4 Å². The monoisotopic (exact) mass is 411 g/mol. The molecule has 0 aliphatic heterocycles. The van der Waals surface area contributed by atoms with Gasteiger partial charge in [-0.3, -0.25) is 0 Å². The van der Waals surface area contributed by atoms with E-state index in [0.29, 0.717) is 11.4 Å². The molecule has 0 aliphatic carbocycles. The summed E-state index contributed by atoms with van der Waals surface area (Å²) in [6.45, 7) is 3.81. The second-order valence-electron chi connectivity index (χ2n) is 4.69. The van der Waals surface area contributed by atoms with Crippen LogP contribution in [0.5, 0.6) is 0 Å². The van der Waals surface area contributed by atoms with Crippen LogP contribution in [0, 0.1) is 19.9 Å². The van der Waals surface area contributed by atoms with Crippen LogP contribution in [0.25, 0.3) is 0 Å². The van der Waals surface area contributed by atoms with Gasteiger partial charge in [0.15, 0.2) is 5.69 Å². The molecule has 1 aromatic carbocycles.